The number of benzene rings is 2. The van der Waals surface area contributed by atoms with E-state index in [1.54, 1.807) is 0 Å². The van der Waals surface area contributed by atoms with E-state index in [9.17, 15) is 0 Å². The van der Waals surface area contributed by atoms with Gasteiger partial charge in [0.05, 0.1) is 0 Å². The lowest BCUT2D eigenvalue weighted by Crippen LogP contribution is -2.40. The average Bonchev–Trinajstić information content (AvgIpc) is 3.09. The predicted molar refractivity (Wildman–Crippen MR) is 105 cm³/mol. The molecule has 2 aromatic rings. The molecule has 0 aromatic heterocycles. The third-order valence-corrected chi connectivity index (χ3v) is 5.18. The van der Waals surface area contributed by atoms with Gasteiger partial charge < -0.3 is 10.2 Å². The Balaban J connectivity index is 1.74. The summed E-state index contributed by atoms with van der Waals surface area (Å²) in [5.74, 6) is 0. The van der Waals surface area contributed by atoms with Crippen molar-refractivity contribution < 1.29 is 0 Å². The fourth-order valence-corrected chi connectivity index (χ4v) is 3.68. The molecule has 0 saturated heterocycles. The lowest BCUT2D eigenvalue weighted by molar-refractivity contribution is 0.312. The molecule has 0 atom stereocenters. The number of hydrogen-bond acceptors (Lipinski definition) is 1. The van der Waals surface area contributed by atoms with Crippen molar-refractivity contribution in [3.8, 4) is 0 Å². The Morgan fingerprint density at radius 2 is 1.70 bits per heavy atom. The summed E-state index contributed by atoms with van der Waals surface area (Å²) in [6.07, 6.45) is 5.06. The second kappa shape index (κ2) is 7.93. The molecule has 1 aliphatic rings. The number of nitrogens with zero attached hydrogens (tertiary/aromatic N) is 1. The van der Waals surface area contributed by atoms with Crippen molar-refractivity contribution in [3.05, 3.63) is 64.6 Å². The van der Waals surface area contributed by atoms with Crippen LogP contribution in [-0.2, 0) is 6.54 Å². The van der Waals surface area contributed by atoms with Crippen LogP contribution in [0, 0.1) is 0 Å². The van der Waals surface area contributed by atoms with E-state index in [1.807, 2.05) is 18.2 Å². The normalized spacial score (nSPS) is 14.7. The van der Waals surface area contributed by atoms with Gasteiger partial charge in [-0.2, -0.15) is 0 Å². The van der Waals surface area contributed by atoms with E-state index in [0.29, 0.717) is 6.04 Å². The van der Waals surface area contributed by atoms with Crippen molar-refractivity contribution in [2.75, 3.05) is 5.32 Å². The van der Waals surface area contributed by atoms with Crippen LogP contribution in [0.15, 0.2) is 59.1 Å². The molecule has 23 heavy (non-hydrogen) atoms. The highest BCUT2D eigenvalue weighted by Crippen LogP contribution is 2.26. The van der Waals surface area contributed by atoms with Gasteiger partial charge in [-0.25, -0.2) is 0 Å². The van der Waals surface area contributed by atoms with Crippen molar-refractivity contribution in [1.82, 2.24) is 4.90 Å². The van der Waals surface area contributed by atoms with E-state index in [2.05, 4.69) is 62.5 Å². The first-order valence-corrected chi connectivity index (χ1v) is 9.29. The molecule has 0 heterocycles. The average molecular weight is 389 g/mol. The van der Waals surface area contributed by atoms with Gasteiger partial charge in [-0.15, -0.1) is 0 Å². The lowest BCUT2D eigenvalue weighted by atomic mass is 10.1. The van der Waals surface area contributed by atoms with E-state index in [1.165, 1.54) is 31.2 Å². The number of thiocarbonyl (C=S) groups is 1. The van der Waals surface area contributed by atoms with E-state index < -0.39 is 0 Å². The molecule has 0 unspecified atom stereocenters. The van der Waals surface area contributed by atoms with Gasteiger partial charge in [0, 0.05) is 22.7 Å². The Kier molecular flexibility index (Phi) is 5.68. The number of para-hydroxylation sites is 1. The molecular weight excluding hydrogens is 368 g/mol. The molecule has 0 radical (unpaired) electrons. The Hall–Kier alpha value is -1.39. The molecular formula is C19H21BrN2S. The third kappa shape index (κ3) is 4.55. The molecule has 2 aromatic carbocycles. The highest BCUT2D eigenvalue weighted by Gasteiger charge is 2.24. The minimum absolute atomic E-state index is 0.544. The van der Waals surface area contributed by atoms with Crippen molar-refractivity contribution >= 4 is 38.9 Å². The van der Waals surface area contributed by atoms with Crippen LogP contribution in [0.4, 0.5) is 5.69 Å². The van der Waals surface area contributed by atoms with Crippen molar-refractivity contribution in [1.29, 1.82) is 0 Å². The van der Waals surface area contributed by atoms with Crippen molar-refractivity contribution in [2.24, 2.45) is 0 Å². The first-order chi connectivity index (χ1) is 11.2. The second-order valence-electron chi connectivity index (χ2n) is 5.99. The molecule has 1 saturated carbocycles. The van der Waals surface area contributed by atoms with Gasteiger partial charge in [-0.05, 0) is 54.9 Å². The summed E-state index contributed by atoms with van der Waals surface area (Å²) in [5.41, 5.74) is 2.34. The molecule has 0 aliphatic heterocycles. The van der Waals surface area contributed by atoms with Gasteiger partial charge in [0.1, 0.15) is 0 Å². The van der Waals surface area contributed by atoms with Gasteiger partial charge >= 0.3 is 0 Å². The van der Waals surface area contributed by atoms with Gasteiger partial charge in [-0.1, -0.05) is 59.1 Å². The van der Waals surface area contributed by atoms with Crippen molar-refractivity contribution in [3.63, 3.8) is 0 Å². The van der Waals surface area contributed by atoms with E-state index in [4.69, 9.17) is 12.2 Å². The monoisotopic (exact) mass is 388 g/mol. The molecule has 1 fully saturated rings. The van der Waals surface area contributed by atoms with E-state index >= 15 is 0 Å². The Morgan fingerprint density at radius 3 is 2.35 bits per heavy atom. The SMILES string of the molecule is S=C(Nc1ccccc1)N(Cc1ccc(Br)cc1)C1CCCC1. The summed E-state index contributed by atoms with van der Waals surface area (Å²) in [6, 6.07) is 19.2. The summed E-state index contributed by atoms with van der Waals surface area (Å²) >= 11 is 9.22. The van der Waals surface area contributed by atoms with Gasteiger partial charge in [0.15, 0.2) is 5.11 Å². The molecule has 2 nitrogen and oxygen atoms in total. The Bertz CT molecular complexity index is 636. The number of nitrogens with one attached hydrogen (secondary N) is 1. The standard InChI is InChI=1S/C19H21BrN2S/c20-16-12-10-15(11-13-16)14-22(18-8-4-5-9-18)19(23)21-17-6-2-1-3-7-17/h1-3,6-7,10-13,18H,4-5,8-9,14H2,(H,21,23). The first-order valence-electron chi connectivity index (χ1n) is 8.09. The fourth-order valence-electron chi connectivity index (χ4n) is 3.09. The van der Waals surface area contributed by atoms with Crippen LogP contribution in [-0.4, -0.2) is 16.1 Å². The summed E-state index contributed by atoms with van der Waals surface area (Å²) in [6.45, 7) is 0.858. The van der Waals surface area contributed by atoms with Gasteiger partial charge in [0.2, 0.25) is 0 Å². The van der Waals surface area contributed by atoms with E-state index in [-0.39, 0.29) is 0 Å². The molecule has 1 N–H and O–H groups in total. The summed E-state index contributed by atoms with van der Waals surface area (Å²) in [4.78, 5) is 2.36. The first kappa shape index (κ1) is 16.5. The van der Waals surface area contributed by atoms with Crippen LogP contribution >= 0.6 is 28.1 Å². The molecule has 120 valence electrons. The number of anilines is 1. The smallest absolute Gasteiger partial charge is 0.173 e. The summed E-state index contributed by atoms with van der Waals surface area (Å²) in [7, 11) is 0. The number of rotatable bonds is 4. The lowest BCUT2D eigenvalue weighted by Gasteiger charge is -2.32. The second-order valence-corrected chi connectivity index (χ2v) is 7.29. The van der Waals surface area contributed by atoms with Crippen LogP contribution < -0.4 is 5.32 Å². The molecule has 0 spiro atoms. The van der Waals surface area contributed by atoms with E-state index in [0.717, 1.165) is 21.8 Å². The third-order valence-electron chi connectivity index (χ3n) is 4.32. The minimum Gasteiger partial charge on any atom is -0.342 e. The quantitative estimate of drug-likeness (QED) is 0.687. The number of halogens is 1. The van der Waals surface area contributed by atoms with Crippen LogP contribution in [0.5, 0.6) is 0 Å². The Morgan fingerprint density at radius 1 is 1.04 bits per heavy atom. The maximum atomic E-state index is 5.72. The molecule has 1 aliphatic carbocycles. The van der Waals surface area contributed by atoms with Crippen LogP contribution in [0.3, 0.4) is 0 Å². The number of hydrogen-bond donors (Lipinski definition) is 1. The molecule has 4 heteroatoms. The predicted octanol–water partition coefficient (Wildman–Crippen LogP) is 5.59. The zero-order valence-electron chi connectivity index (χ0n) is 13.0. The molecule has 0 bridgehead atoms. The van der Waals surface area contributed by atoms with Crippen LogP contribution in [0.25, 0.3) is 0 Å². The van der Waals surface area contributed by atoms with Crippen LogP contribution in [0.1, 0.15) is 31.2 Å². The fraction of sp³-hybridized carbons (Fsp3) is 0.316. The zero-order valence-corrected chi connectivity index (χ0v) is 15.4. The van der Waals surface area contributed by atoms with Crippen molar-refractivity contribution in [2.45, 2.75) is 38.3 Å². The zero-order chi connectivity index (χ0) is 16.1. The topological polar surface area (TPSA) is 15.3 Å². The maximum absolute atomic E-state index is 5.72. The van der Waals surface area contributed by atoms with Crippen LogP contribution in [0.2, 0.25) is 0 Å². The summed E-state index contributed by atoms with van der Waals surface area (Å²) in [5, 5.41) is 4.22. The highest BCUT2D eigenvalue weighted by atomic mass is 79.9. The minimum atomic E-state index is 0.544. The van der Waals surface area contributed by atoms with Gasteiger partial charge in [-0.3, -0.25) is 0 Å². The largest absolute Gasteiger partial charge is 0.342 e. The highest BCUT2D eigenvalue weighted by molar-refractivity contribution is 9.10. The molecule has 3 rings (SSSR count). The van der Waals surface area contributed by atoms with Gasteiger partial charge in [0.25, 0.3) is 0 Å². The summed E-state index contributed by atoms with van der Waals surface area (Å²) < 4.78 is 1.11. The molecule has 0 amide bonds. The Labute approximate surface area is 152 Å². The maximum Gasteiger partial charge on any atom is 0.173 e.